The average molecular weight is 179 g/mol. The van der Waals surface area contributed by atoms with Crippen molar-refractivity contribution < 1.29 is 15.0 Å². The summed E-state index contributed by atoms with van der Waals surface area (Å²) < 4.78 is 0. The second-order valence-electron chi connectivity index (χ2n) is 2.56. The Morgan fingerprint density at radius 1 is 1.54 bits per heavy atom. The number of hydrogen-bond acceptors (Lipinski definition) is 3. The Hall–Kier alpha value is -2.09. The first-order valence-electron chi connectivity index (χ1n) is 3.48. The molecular formula is C8H7N2O3+. The first-order chi connectivity index (χ1) is 6.06. The van der Waals surface area contributed by atoms with E-state index < -0.39 is 5.97 Å². The predicted octanol–water partition coefficient (Wildman–Crippen LogP) is 1.88. The van der Waals surface area contributed by atoms with E-state index >= 15 is 0 Å². The largest absolute Gasteiger partial charge is 0.507 e. The second-order valence-corrected chi connectivity index (χ2v) is 2.56. The number of rotatable bonds is 1. The Morgan fingerprint density at radius 3 is 2.62 bits per heavy atom. The minimum Gasteiger partial charge on any atom is -0.507 e. The van der Waals surface area contributed by atoms with Crippen LogP contribution in [0.25, 0.3) is 4.98 Å². The molecule has 0 aliphatic heterocycles. The number of aryl methyl sites for hydroxylation is 1. The maximum Gasteiger partial charge on any atom is 0.386 e. The number of diazo groups is 1. The molecule has 13 heavy (non-hydrogen) atoms. The summed E-state index contributed by atoms with van der Waals surface area (Å²) in [7, 11) is 0. The lowest BCUT2D eigenvalue weighted by Gasteiger charge is -1.99. The fourth-order valence-corrected chi connectivity index (χ4v) is 0.981. The van der Waals surface area contributed by atoms with Crippen molar-refractivity contribution in [3.05, 3.63) is 28.2 Å². The number of benzene rings is 1. The normalized spacial score (nSPS) is 9.23. The minimum absolute atomic E-state index is 0.104. The van der Waals surface area contributed by atoms with Crippen molar-refractivity contribution >= 4 is 11.7 Å². The van der Waals surface area contributed by atoms with Gasteiger partial charge in [0.15, 0.2) is 4.98 Å². The Labute approximate surface area is 73.9 Å². The van der Waals surface area contributed by atoms with Crippen LogP contribution in [0, 0.1) is 12.3 Å². The molecule has 5 nitrogen and oxygen atoms in total. The molecule has 1 aromatic carbocycles. The summed E-state index contributed by atoms with van der Waals surface area (Å²) in [5, 5.41) is 26.3. The maximum absolute atomic E-state index is 10.6. The number of phenols is 1. The van der Waals surface area contributed by atoms with Crippen molar-refractivity contribution in [3.63, 3.8) is 0 Å². The van der Waals surface area contributed by atoms with Gasteiger partial charge in [-0.05, 0) is 12.5 Å². The third kappa shape index (κ3) is 1.56. The van der Waals surface area contributed by atoms with E-state index in [2.05, 4.69) is 4.98 Å². The topological polar surface area (TPSA) is 85.7 Å². The zero-order chi connectivity index (χ0) is 10.0. The third-order valence-corrected chi connectivity index (χ3v) is 1.63. The molecule has 0 unspecified atom stereocenters. The van der Waals surface area contributed by atoms with Crippen LogP contribution in [0.15, 0.2) is 12.1 Å². The van der Waals surface area contributed by atoms with Crippen molar-refractivity contribution in [2.45, 2.75) is 6.92 Å². The van der Waals surface area contributed by atoms with Gasteiger partial charge in [-0.15, -0.1) is 0 Å². The number of carboxylic acids is 1. The molecule has 0 saturated heterocycles. The Kier molecular flexibility index (Phi) is 2.15. The molecule has 1 aromatic rings. The third-order valence-electron chi connectivity index (χ3n) is 1.63. The van der Waals surface area contributed by atoms with E-state index in [0.717, 1.165) is 6.07 Å². The predicted molar refractivity (Wildman–Crippen MR) is 44.5 cm³/mol. The zero-order valence-corrected chi connectivity index (χ0v) is 6.85. The van der Waals surface area contributed by atoms with Gasteiger partial charge < -0.3 is 10.2 Å². The lowest BCUT2D eigenvalue weighted by atomic mass is 10.1. The van der Waals surface area contributed by atoms with E-state index in [1.165, 1.54) is 13.0 Å². The lowest BCUT2D eigenvalue weighted by Crippen LogP contribution is -1.97. The average Bonchev–Trinajstić information content (AvgIpc) is 2.09. The standard InChI is InChI=1S/C8H6N2O3/c1-4-2-5(10-9)3-6(7(4)11)8(12)13/h2-3H,1H3,(H-,11,12,13)/p+1. The van der Waals surface area contributed by atoms with Gasteiger partial charge in [0, 0.05) is 6.07 Å². The van der Waals surface area contributed by atoms with Crippen molar-refractivity contribution in [2.75, 3.05) is 0 Å². The van der Waals surface area contributed by atoms with E-state index in [4.69, 9.17) is 10.5 Å². The number of carboxylic acid groups (broad SMARTS) is 1. The molecule has 0 aliphatic rings. The number of aromatic hydroxyl groups is 1. The number of carbonyl (C=O) groups is 1. The summed E-state index contributed by atoms with van der Waals surface area (Å²) in [5.41, 5.74) is 0.188. The maximum atomic E-state index is 10.6. The molecule has 66 valence electrons. The van der Waals surface area contributed by atoms with Gasteiger partial charge in [0.1, 0.15) is 11.3 Å². The highest BCUT2D eigenvalue weighted by Gasteiger charge is 2.18. The van der Waals surface area contributed by atoms with Crippen LogP contribution in [0.2, 0.25) is 0 Å². The molecule has 0 radical (unpaired) electrons. The SMILES string of the molecule is Cc1cc([N+]#N)cc(C(=O)O)c1O. The van der Waals surface area contributed by atoms with Crippen LogP contribution in [0.5, 0.6) is 5.75 Å². The molecule has 0 aromatic heterocycles. The van der Waals surface area contributed by atoms with Crippen LogP contribution in [0.1, 0.15) is 15.9 Å². The van der Waals surface area contributed by atoms with Crippen molar-refractivity contribution in [1.82, 2.24) is 0 Å². The molecule has 0 amide bonds. The van der Waals surface area contributed by atoms with Gasteiger partial charge in [-0.2, -0.15) is 0 Å². The van der Waals surface area contributed by atoms with Crippen molar-refractivity contribution in [1.29, 1.82) is 5.39 Å². The van der Waals surface area contributed by atoms with Crippen LogP contribution in [-0.2, 0) is 0 Å². The van der Waals surface area contributed by atoms with E-state index in [-0.39, 0.29) is 17.0 Å². The summed E-state index contributed by atoms with van der Waals surface area (Å²) in [5.74, 6) is -1.56. The summed E-state index contributed by atoms with van der Waals surface area (Å²) >= 11 is 0. The fourth-order valence-electron chi connectivity index (χ4n) is 0.981. The van der Waals surface area contributed by atoms with Gasteiger partial charge in [-0.1, -0.05) is 0 Å². The highest BCUT2D eigenvalue weighted by molar-refractivity contribution is 5.92. The van der Waals surface area contributed by atoms with Gasteiger partial charge >= 0.3 is 11.7 Å². The van der Waals surface area contributed by atoms with Crippen LogP contribution in [0.4, 0.5) is 5.69 Å². The van der Waals surface area contributed by atoms with E-state index in [1.807, 2.05) is 0 Å². The highest BCUT2D eigenvalue weighted by atomic mass is 16.4. The van der Waals surface area contributed by atoms with Crippen molar-refractivity contribution in [3.8, 4) is 5.75 Å². The van der Waals surface area contributed by atoms with Crippen LogP contribution in [-0.4, -0.2) is 16.2 Å². The first-order valence-corrected chi connectivity index (χ1v) is 3.48. The summed E-state index contributed by atoms with van der Waals surface area (Å²) in [6.07, 6.45) is 0. The number of aromatic carboxylic acids is 1. The van der Waals surface area contributed by atoms with Crippen LogP contribution >= 0.6 is 0 Å². The monoisotopic (exact) mass is 179 g/mol. The smallest absolute Gasteiger partial charge is 0.386 e. The van der Waals surface area contributed by atoms with E-state index in [1.54, 1.807) is 0 Å². The van der Waals surface area contributed by atoms with Crippen molar-refractivity contribution in [2.24, 2.45) is 0 Å². The second kappa shape index (κ2) is 3.11. The van der Waals surface area contributed by atoms with Gasteiger partial charge in [0.25, 0.3) is 0 Å². The van der Waals surface area contributed by atoms with Crippen LogP contribution < -0.4 is 0 Å². The first kappa shape index (κ1) is 9.00. The zero-order valence-electron chi connectivity index (χ0n) is 6.85. The Bertz CT molecular complexity index is 407. The fraction of sp³-hybridized carbons (Fsp3) is 0.125. The van der Waals surface area contributed by atoms with Gasteiger partial charge in [0.2, 0.25) is 5.39 Å². The number of hydrogen-bond donors (Lipinski definition) is 2. The molecular weight excluding hydrogens is 172 g/mol. The molecule has 0 saturated carbocycles. The molecule has 0 aliphatic carbocycles. The molecule has 0 atom stereocenters. The Morgan fingerprint density at radius 2 is 2.15 bits per heavy atom. The molecule has 0 heterocycles. The van der Waals surface area contributed by atoms with Gasteiger partial charge in [-0.25, -0.2) is 4.79 Å². The lowest BCUT2D eigenvalue weighted by molar-refractivity contribution is 0.0693. The molecule has 5 heteroatoms. The van der Waals surface area contributed by atoms with E-state index in [9.17, 15) is 9.90 Å². The summed E-state index contributed by atoms with van der Waals surface area (Å²) in [6.45, 7) is 1.52. The number of nitrogens with zero attached hydrogens (tertiary/aromatic N) is 2. The molecule has 2 N–H and O–H groups in total. The molecule has 0 spiro atoms. The van der Waals surface area contributed by atoms with E-state index in [0.29, 0.717) is 5.56 Å². The molecule has 0 bridgehead atoms. The van der Waals surface area contributed by atoms with Crippen LogP contribution in [0.3, 0.4) is 0 Å². The molecule has 1 rings (SSSR count). The van der Waals surface area contributed by atoms with Gasteiger partial charge in [-0.3, -0.25) is 0 Å². The highest BCUT2D eigenvalue weighted by Crippen LogP contribution is 2.27. The Balaban J connectivity index is 3.44. The minimum atomic E-state index is -1.26. The summed E-state index contributed by atoms with van der Waals surface area (Å²) in [4.78, 5) is 13.4. The summed E-state index contributed by atoms with van der Waals surface area (Å²) in [6, 6.07) is 2.46. The molecule has 0 fully saturated rings. The van der Waals surface area contributed by atoms with Gasteiger partial charge in [0.05, 0.1) is 6.07 Å². The quantitative estimate of drug-likeness (QED) is 0.644.